The molecule has 3 aliphatic rings. The van der Waals surface area contributed by atoms with E-state index in [9.17, 15) is 9.90 Å². The van der Waals surface area contributed by atoms with Crippen LogP contribution in [0.25, 0.3) is 11.3 Å². The van der Waals surface area contributed by atoms with Gasteiger partial charge in [-0.2, -0.15) is 5.10 Å². The van der Waals surface area contributed by atoms with Crippen LogP contribution in [-0.4, -0.2) is 82.8 Å². The number of nitrogens with two attached hydrogens (primary N) is 1. The Labute approximate surface area is 274 Å². The number of amides is 2. The highest BCUT2D eigenvalue weighted by atomic mass is 35.5. The minimum Gasteiger partial charge on any atom is -0.390 e. The first-order valence-electron chi connectivity index (χ1n) is 15.6. The van der Waals surface area contributed by atoms with Gasteiger partial charge < -0.3 is 25.8 Å². The maximum atomic E-state index is 12.1. The fourth-order valence-corrected chi connectivity index (χ4v) is 6.74. The number of benzene rings is 2. The molecule has 0 spiro atoms. The molecule has 4 N–H and O–H groups in total. The molecule has 3 aromatic rings. The van der Waals surface area contributed by atoms with E-state index in [1.54, 1.807) is 4.90 Å². The molecular formula is C34H40Cl2N6O3. The molecule has 0 saturated carbocycles. The summed E-state index contributed by atoms with van der Waals surface area (Å²) in [5.74, 6) is 0.132. The fourth-order valence-electron chi connectivity index (χ4n) is 6.36. The van der Waals surface area contributed by atoms with Crippen LogP contribution in [0.4, 0.5) is 4.79 Å². The number of hydrogen-bond donors (Lipinski definition) is 3. The molecular weight excluding hydrogens is 611 g/mol. The Balaban J connectivity index is 1.18. The summed E-state index contributed by atoms with van der Waals surface area (Å²) in [4.78, 5) is 16.0. The van der Waals surface area contributed by atoms with Crippen molar-refractivity contribution in [2.24, 2.45) is 5.73 Å². The van der Waals surface area contributed by atoms with E-state index in [-0.39, 0.29) is 5.92 Å². The summed E-state index contributed by atoms with van der Waals surface area (Å²) in [5, 5.41) is 21.0. The third-order valence-corrected chi connectivity index (χ3v) is 9.42. The lowest BCUT2D eigenvalue weighted by Crippen LogP contribution is -2.42. The lowest BCUT2D eigenvalue weighted by molar-refractivity contribution is 0.0106. The zero-order valence-corrected chi connectivity index (χ0v) is 26.8. The van der Waals surface area contributed by atoms with Crippen molar-refractivity contribution in [3.8, 4) is 11.3 Å². The van der Waals surface area contributed by atoms with E-state index in [1.165, 1.54) is 11.1 Å². The third-order valence-electron chi connectivity index (χ3n) is 8.82. The lowest BCUT2D eigenvalue weighted by atomic mass is 9.88. The zero-order chi connectivity index (χ0) is 31.3. The average Bonchev–Trinajstić information content (AvgIpc) is 3.40. The van der Waals surface area contributed by atoms with E-state index in [0.29, 0.717) is 50.8 Å². The summed E-state index contributed by atoms with van der Waals surface area (Å²) in [6.45, 7) is 6.39. The van der Waals surface area contributed by atoms with E-state index in [2.05, 4.69) is 34.5 Å². The molecule has 1 unspecified atom stereocenters. The monoisotopic (exact) mass is 650 g/mol. The van der Waals surface area contributed by atoms with Gasteiger partial charge in [0.05, 0.1) is 38.1 Å². The number of carbonyl (C=O) groups excluding carboxylic acids is 1. The van der Waals surface area contributed by atoms with Crippen LogP contribution < -0.4 is 11.1 Å². The summed E-state index contributed by atoms with van der Waals surface area (Å²) in [6, 6.07) is 13.5. The number of aliphatic hydroxyl groups is 1. The summed E-state index contributed by atoms with van der Waals surface area (Å²) in [7, 11) is 0. The van der Waals surface area contributed by atoms with E-state index in [1.807, 2.05) is 41.1 Å². The topological polar surface area (TPSA) is 109 Å². The van der Waals surface area contributed by atoms with Gasteiger partial charge in [0.1, 0.15) is 0 Å². The van der Waals surface area contributed by atoms with Gasteiger partial charge in [-0.3, -0.25) is 9.58 Å². The number of hydrogen-bond acceptors (Lipinski definition) is 6. The van der Waals surface area contributed by atoms with E-state index >= 15 is 0 Å². The van der Waals surface area contributed by atoms with Crippen LogP contribution in [0.15, 0.2) is 66.3 Å². The number of allylic oxidation sites excluding steroid dienone is 2. The highest BCUT2D eigenvalue weighted by molar-refractivity contribution is 6.31. The van der Waals surface area contributed by atoms with Gasteiger partial charge in [-0.05, 0) is 47.4 Å². The number of nitrogens with zero attached hydrogens (tertiary/aromatic N) is 4. The molecule has 2 aliphatic heterocycles. The van der Waals surface area contributed by atoms with Gasteiger partial charge in [0.15, 0.2) is 0 Å². The second-order valence-corrected chi connectivity index (χ2v) is 12.8. The molecule has 238 valence electrons. The largest absolute Gasteiger partial charge is 0.390 e. The number of β-amino-alcohol motifs (C(OH)–C–C–N with tert-alkyl or cyclic N) is 1. The molecule has 45 heavy (non-hydrogen) atoms. The van der Waals surface area contributed by atoms with Crippen LogP contribution in [0.3, 0.4) is 0 Å². The van der Waals surface area contributed by atoms with Crippen LogP contribution in [0.5, 0.6) is 0 Å². The minimum atomic E-state index is -0.580. The van der Waals surface area contributed by atoms with Crippen molar-refractivity contribution in [1.29, 1.82) is 0 Å². The van der Waals surface area contributed by atoms with E-state index < -0.39 is 12.1 Å². The number of ether oxygens (including phenoxy) is 1. The molecule has 0 radical (unpaired) electrons. The smallest absolute Gasteiger partial charge is 0.315 e. The van der Waals surface area contributed by atoms with Gasteiger partial charge in [0, 0.05) is 78.5 Å². The molecule has 1 saturated heterocycles. The van der Waals surface area contributed by atoms with Gasteiger partial charge in [-0.1, -0.05) is 59.6 Å². The quantitative estimate of drug-likeness (QED) is 0.292. The van der Waals surface area contributed by atoms with Crippen LogP contribution in [0.2, 0.25) is 10.0 Å². The number of halogens is 2. The van der Waals surface area contributed by atoms with Crippen molar-refractivity contribution in [2.45, 2.75) is 44.5 Å². The third kappa shape index (κ3) is 7.80. The van der Waals surface area contributed by atoms with Crippen molar-refractivity contribution in [2.75, 3.05) is 45.9 Å². The van der Waals surface area contributed by atoms with Gasteiger partial charge >= 0.3 is 6.03 Å². The summed E-state index contributed by atoms with van der Waals surface area (Å²) in [5.41, 5.74) is 12.9. The zero-order valence-electron chi connectivity index (χ0n) is 25.3. The highest BCUT2D eigenvalue weighted by Crippen LogP contribution is 2.37. The van der Waals surface area contributed by atoms with Gasteiger partial charge in [0.25, 0.3) is 0 Å². The SMILES string of the molecule is NC(=O)N1CCc2c(c(-c3ccc(Cl)c(C4C=CC(CNCc5ccc(Cl)cc5)=CC4)c3)nn2C[C@H](O)CN2CCOCC2)C1. The summed E-state index contributed by atoms with van der Waals surface area (Å²) < 4.78 is 7.38. The molecule has 6 rings (SSSR count). The number of carbonyl (C=O) groups is 1. The van der Waals surface area contributed by atoms with Crippen molar-refractivity contribution in [3.05, 3.63) is 98.7 Å². The second kappa shape index (κ2) is 14.5. The number of rotatable bonds is 10. The Morgan fingerprint density at radius 2 is 1.89 bits per heavy atom. The summed E-state index contributed by atoms with van der Waals surface area (Å²) >= 11 is 12.8. The number of aliphatic hydroxyl groups excluding tert-OH is 1. The van der Waals surface area contributed by atoms with Gasteiger partial charge in [-0.15, -0.1) is 0 Å². The Kier molecular flexibility index (Phi) is 10.2. The predicted molar refractivity (Wildman–Crippen MR) is 177 cm³/mol. The number of fused-ring (bicyclic) bond motifs is 1. The van der Waals surface area contributed by atoms with Gasteiger partial charge in [-0.25, -0.2) is 4.79 Å². The molecule has 1 aliphatic carbocycles. The maximum Gasteiger partial charge on any atom is 0.315 e. The lowest BCUT2D eigenvalue weighted by Gasteiger charge is -2.29. The van der Waals surface area contributed by atoms with Crippen LogP contribution in [0, 0.1) is 0 Å². The number of morpholine rings is 1. The average molecular weight is 652 g/mol. The van der Waals surface area contributed by atoms with Crippen molar-refractivity contribution in [1.82, 2.24) is 24.9 Å². The second-order valence-electron chi connectivity index (χ2n) is 12.0. The highest BCUT2D eigenvalue weighted by Gasteiger charge is 2.29. The molecule has 1 aromatic heterocycles. The van der Waals surface area contributed by atoms with E-state index in [0.717, 1.165) is 65.7 Å². The van der Waals surface area contributed by atoms with Crippen molar-refractivity contribution in [3.63, 3.8) is 0 Å². The molecule has 9 nitrogen and oxygen atoms in total. The van der Waals surface area contributed by atoms with Crippen molar-refractivity contribution < 1.29 is 14.6 Å². The summed E-state index contributed by atoms with van der Waals surface area (Å²) in [6.07, 6.45) is 7.54. The normalized spacial score (nSPS) is 19.3. The Morgan fingerprint density at radius 3 is 2.62 bits per heavy atom. The standard InChI is InChI=1S/C34H40Cl2N6O3/c35-27-8-3-24(4-9-27)19-38-18-23-1-5-25(6-2-23)29-17-26(7-10-31(29)36)33-30-22-41(34(37)44)12-11-32(30)42(39-33)21-28(43)20-40-13-15-45-16-14-40/h1-5,7-10,17,25,28,38,43H,6,11-16,18-22H2,(H2,37,44)/t25?,28-/m1/s1. The first-order chi connectivity index (χ1) is 21.8. The number of primary amides is 1. The van der Waals surface area contributed by atoms with Crippen LogP contribution >= 0.6 is 23.2 Å². The molecule has 0 bridgehead atoms. The molecule has 2 aromatic carbocycles. The molecule has 2 atom stereocenters. The molecule has 11 heteroatoms. The maximum absolute atomic E-state index is 12.1. The number of aromatic nitrogens is 2. The first-order valence-corrected chi connectivity index (χ1v) is 16.3. The van der Waals surface area contributed by atoms with Crippen LogP contribution in [0.1, 0.15) is 34.7 Å². The first kappa shape index (κ1) is 31.8. The Bertz CT molecular complexity index is 1560. The number of urea groups is 1. The van der Waals surface area contributed by atoms with Crippen LogP contribution in [-0.2, 0) is 30.8 Å². The number of nitrogens with one attached hydrogen (secondary N) is 1. The van der Waals surface area contributed by atoms with Crippen molar-refractivity contribution >= 4 is 29.2 Å². The Morgan fingerprint density at radius 1 is 1.09 bits per heavy atom. The van der Waals surface area contributed by atoms with E-state index in [4.69, 9.17) is 38.8 Å². The molecule has 2 amide bonds. The molecule has 1 fully saturated rings. The predicted octanol–water partition coefficient (Wildman–Crippen LogP) is 4.75. The molecule has 3 heterocycles. The fraction of sp³-hybridized carbons (Fsp3) is 0.412. The van der Waals surface area contributed by atoms with Gasteiger partial charge in [0.2, 0.25) is 0 Å². The Hall–Kier alpha value is -3.18. The minimum absolute atomic E-state index is 0.132.